The summed E-state index contributed by atoms with van der Waals surface area (Å²) in [6, 6.07) is 9.98. The Morgan fingerprint density at radius 1 is 1.06 bits per heavy atom. The fraction of sp³-hybridized carbons (Fsp3) is 0.520. The van der Waals surface area contributed by atoms with Crippen molar-refractivity contribution in [2.45, 2.75) is 63.6 Å². The van der Waals surface area contributed by atoms with Crippen LogP contribution in [-0.2, 0) is 17.6 Å². The van der Waals surface area contributed by atoms with Crippen molar-refractivity contribution in [2.24, 2.45) is 0 Å². The average molecular weight is 445 g/mol. The van der Waals surface area contributed by atoms with E-state index in [0.717, 1.165) is 46.6 Å². The molecule has 174 valence electrons. The van der Waals surface area contributed by atoms with Crippen molar-refractivity contribution in [2.75, 3.05) is 19.8 Å². The van der Waals surface area contributed by atoms with Gasteiger partial charge in [0.1, 0.15) is 42.0 Å². The Balaban J connectivity index is 1.72. The first-order valence-corrected chi connectivity index (χ1v) is 11.2. The van der Waals surface area contributed by atoms with Crippen LogP contribution in [0.4, 0.5) is 0 Å². The number of hydrogen-bond acceptors (Lipinski definition) is 7. The van der Waals surface area contributed by atoms with Crippen LogP contribution in [0.3, 0.4) is 0 Å². The summed E-state index contributed by atoms with van der Waals surface area (Å²) in [4.78, 5) is 0. The number of hydrogen-bond donors (Lipinski definition) is 4. The molecule has 0 aromatic heterocycles. The topological polar surface area (TPSA) is 109 Å². The van der Waals surface area contributed by atoms with Crippen molar-refractivity contribution in [3.05, 3.63) is 58.1 Å². The van der Waals surface area contributed by atoms with E-state index in [0.29, 0.717) is 25.2 Å². The summed E-state index contributed by atoms with van der Waals surface area (Å²) in [5.74, 6) is 1.62. The maximum absolute atomic E-state index is 10.7. The summed E-state index contributed by atoms with van der Waals surface area (Å²) in [6.45, 7) is 4.65. The van der Waals surface area contributed by atoms with Crippen LogP contribution >= 0.6 is 0 Å². The number of benzene rings is 2. The second-order valence-corrected chi connectivity index (χ2v) is 8.51. The van der Waals surface area contributed by atoms with Gasteiger partial charge in [0.2, 0.25) is 0 Å². The monoisotopic (exact) mass is 444 g/mol. The third-order valence-electron chi connectivity index (χ3n) is 6.41. The van der Waals surface area contributed by atoms with E-state index in [4.69, 9.17) is 14.2 Å². The van der Waals surface area contributed by atoms with E-state index < -0.39 is 37.1 Å². The number of fused-ring (bicyclic) bond motifs is 1. The van der Waals surface area contributed by atoms with Gasteiger partial charge in [-0.2, -0.15) is 0 Å². The Bertz CT molecular complexity index is 925. The van der Waals surface area contributed by atoms with Crippen LogP contribution in [0.5, 0.6) is 11.5 Å². The van der Waals surface area contributed by atoms with Gasteiger partial charge in [-0.05, 0) is 73.1 Å². The largest absolute Gasteiger partial charge is 0.494 e. The maximum Gasteiger partial charge on any atom is 0.126 e. The first kappa shape index (κ1) is 23.0. The van der Waals surface area contributed by atoms with Crippen LogP contribution in [0.1, 0.15) is 47.3 Å². The van der Waals surface area contributed by atoms with Gasteiger partial charge in [0, 0.05) is 0 Å². The van der Waals surface area contributed by atoms with E-state index in [1.54, 1.807) is 0 Å². The molecule has 7 nitrogen and oxygen atoms in total. The lowest BCUT2D eigenvalue weighted by Gasteiger charge is -2.41. The van der Waals surface area contributed by atoms with E-state index in [2.05, 4.69) is 0 Å². The molecule has 2 aromatic carbocycles. The minimum absolute atomic E-state index is 0.457. The van der Waals surface area contributed by atoms with Crippen LogP contribution < -0.4 is 9.47 Å². The summed E-state index contributed by atoms with van der Waals surface area (Å²) >= 11 is 0. The predicted octanol–water partition coefficient (Wildman–Crippen LogP) is 1.82. The Morgan fingerprint density at radius 2 is 1.81 bits per heavy atom. The molecule has 4 N–H and O–H groups in total. The molecule has 0 spiro atoms. The summed E-state index contributed by atoms with van der Waals surface area (Å²) in [7, 11) is 0. The SMILES string of the molecule is CCOc1ccc(Cc2cc([C@@H]3O[C@H](CO)C(O)[C@H](O)C3O)c(C)c3c2CCCO3)cc1. The van der Waals surface area contributed by atoms with Crippen LogP contribution in [0.2, 0.25) is 0 Å². The average Bonchev–Trinajstić information content (AvgIpc) is 2.81. The molecule has 0 amide bonds. The van der Waals surface area contributed by atoms with Gasteiger partial charge >= 0.3 is 0 Å². The molecule has 32 heavy (non-hydrogen) atoms. The standard InChI is InChI=1S/C25H32O7/c1-3-30-17-8-6-15(7-9-17)11-16-12-19(14(2)24-18(16)5-4-10-31-24)25-23(29)22(28)21(27)20(13-26)32-25/h6-9,12,20-23,25-29H,3-5,10-11,13H2,1-2H3/t20-,21?,22+,23?,25+/m1/s1. The lowest BCUT2D eigenvalue weighted by atomic mass is 9.84. The summed E-state index contributed by atoms with van der Waals surface area (Å²) in [5.41, 5.74) is 4.88. The summed E-state index contributed by atoms with van der Waals surface area (Å²) in [5, 5.41) is 40.7. The third kappa shape index (κ3) is 4.36. The van der Waals surface area contributed by atoms with Crippen LogP contribution in [-0.4, -0.2) is 64.7 Å². The zero-order valence-corrected chi connectivity index (χ0v) is 18.5. The Labute approximate surface area is 188 Å². The van der Waals surface area contributed by atoms with Gasteiger partial charge in [-0.1, -0.05) is 18.2 Å². The number of aliphatic hydroxyl groups excluding tert-OH is 4. The van der Waals surface area contributed by atoms with E-state index in [9.17, 15) is 20.4 Å². The van der Waals surface area contributed by atoms with E-state index in [1.165, 1.54) is 0 Å². The van der Waals surface area contributed by atoms with Crippen LogP contribution in [0.25, 0.3) is 0 Å². The van der Waals surface area contributed by atoms with E-state index >= 15 is 0 Å². The fourth-order valence-electron chi connectivity index (χ4n) is 4.68. The molecule has 2 aromatic rings. The smallest absolute Gasteiger partial charge is 0.126 e. The van der Waals surface area contributed by atoms with Gasteiger partial charge in [0.05, 0.1) is 19.8 Å². The highest BCUT2D eigenvalue weighted by molar-refractivity contribution is 5.53. The molecule has 1 fully saturated rings. The molecule has 0 saturated carbocycles. The Morgan fingerprint density at radius 3 is 2.50 bits per heavy atom. The summed E-state index contributed by atoms with van der Waals surface area (Å²) < 4.78 is 17.4. The van der Waals surface area contributed by atoms with Gasteiger partial charge in [0.25, 0.3) is 0 Å². The minimum atomic E-state index is -1.42. The fourth-order valence-corrected chi connectivity index (χ4v) is 4.68. The van der Waals surface area contributed by atoms with Gasteiger partial charge in [-0.15, -0.1) is 0 Å². The zero-order valence-electron chi connectivity index (χ0n) is 18.5. The van der Waals surface area contributed by atoms with E-state index in [1.807, 2.05) is 44.2 Å². The molecule has 2 heterocycles. The van der Waals surface area contributed by atoms with Crippen LogP contribution in [0.15, 0.2) is 30.3 Å². The predicted molar refractivity (Wildman–Crippen MR) is 118 cm³/mol. The Hall–Kier alpha value is -2.16. The second kappa shape index (κ2) is 9.77. The molecule has 2 aliphatic rings. The number of rotatable bonds is 6. The highest BCUT2D eigenvalue weighted by Gasteiger charge is 2.45. The van der Waals surface area contributed by atoms with Crippen molar-refractivity contribution in [3.63, 3.8) is 0 Å². The summed E-state index contributed by atoms with van der Waals surface area (Å²) in [6.07, 6.45) is -3.47. The molecule has 1 saturated heterocycles. The highest BCUT2D eigenvalue weighted by Crippen LogP contribution is 2.41. The molecule has 5 atom stereocenters. The van der Waals surface area contributed by atoms with Gasteiger partial charge < -0.3 is 34.6 Å². The maximum atomic E-state index is 10.7. The van der Waals surface area contributed by atoms with Crippen molar-refractivity contribution < 1.29 is 34.6 Å². The highest BCUT2D eigenvalue weighted by atomic mass is 16.5. The number of aliphatic hydroxyl groups is 4. The molecule has 7 heteroatoms. The number of ether oxygens (including phenoxy) is 3. The molecule has 2 unspecified atom stereocenters. The van der Waals surface area contributed by atoms with Crippen molar-refractivity contribution in [1.82, 2.24) is 0 Å². The van der Waals surface area contributed by atoms with Gasteiger partial charge in [-0.25, -0.2) is 0 Å². The molecule has 0 radical (unpaired) electrons. The molecule has 0 bridgehead atoms. The van der Waals surface area contributed by atoms with Crippen molar-refractivity contribution in [3.8, 4) is 11.5 Å². The van der Waals surface area contributed by atoms with Gasteiger partial charge in [0.15, 0.2) is 0 Å². The lowest BCUT2D eigenvalue weighted by molar-refractivity contribution is -0.231. The molecular formula is C25H32O7. The molecule has 4 rings (SSSR count). The first-order valence-electron chi connectivity index (χ1n) is 11.2. The van der Waals surface area contributed by atoms with Crippen molar-refractivity contribution >= 4 is 0 Å². The van der Waals surface area contributed by atoms with Crippen LogP contribution in [0, 0.1) is 6.92 Å². The normalized spacial score (nSPS) is 27.5. The lowest BCUT2D eigenvalue weighted by Crippen LogP contribution is -2.55. The second-order valence-electron chi connectivity index (χ2n) is 8.51. The molecule has 2 aliphatic heterocycles. The first-order chi connectivity index (χ1) is 15.4. The third-order valence-corrected chi connectivity index (χ3v) is 6.41. The minimum Gasteiger partial charge on any atom is -0.494 e. The zero-order chi connectivity index (χ0) is 22.8. The van der Waals surface area contributed by atoms with Gasteiger partial charge in [-0.3, -0.25) is 0 Å². The Kier molecular flexibility index (Phi) is 7.02. The molecular weight excluding hydrogens is 412 g/mol. The quantitative estimate of drug-likeness (QED) is 0.538. The van der Waals surface area contributed by atoms with E-state index in [-0.39, 0.29) is 0 Å². The molecule has 0 aliphatic carbocycles. The van der Waals surface area contributed by atoms with Crippen molar-refractivity contribution in [1.29, 1.82) is 0 Å².